The van der Waals surface area contributed by atoms with Crippen molar-refractivity contribution < 1.29 is 9.59 Å². The summed E-state index contributed by atoms with van der Waals surface area (Å²) in [6.07, 6.45) is 0.404. The van der Waals surface area contributed by atoms with Gasteiger partial charge in [-0.1, -0.05) is 6.92 Å². The first-order valence-electron chi connectivity index (χ1n) is 3.62. The fourth-order valence-corrected chi connectivity index (χ4v) is 0.626. The van der Waals surface area contributed by atoms with E-state index in [1.54, 1.807) is 13.8 Å². The molecule has 0 aromatic carbocycles. The number of hydrogen-bond acceptors (Lipinski definition) is 2. The second-order valence-electron chi connectivity index (χ2n) is 2.26. The molecule has 0 heterocycles. The molecule has 0 unspecified atom stereocenters. The predicted molar refractivity (Wildman–Crippen MR) is 42.0 cm³/mol. The largest absolute Gasteiger partial charge is 0.357 e. The third kappa shape index (κ3) is 3.60. The molecule has 0 radical (unpaired) electrons. The Hall–Kier alpha value is -1.06. The van der Waals surface area contributed by atoms with Gasteiger partial charge in [-0.3, -0.25) is 9.59 Å². The van der Waals surface area contributed by atoms with E-state index in [1.807, 2.05) is 0 Å². The highest BCUT2D eigenvalue weighted by Crippen LogP contribution is 1.83. The lowest BCUT2D eigenvalue weighted by molar-refractivity contribution is -0.128. The van der Waals surface area contributed by atoms with Crippen molar-refractivity contribution in [1.82, 2.24) is 10.6 Å². The van der Waals surface area contributed by atoms with E-state index in [-0.39, 0.29) is 11.8 Å². The van der Waals surface area contributed by atoms with E-state index in [2.05, 4.69) is 10.6 Å². The Morgan fingerprint density at radius 2 is 2.00 bits per heavy atom. The van der Waals surface area contributed by atoms with Gasteiger partial charge in [0, 0.05) is 13.5 Å². The summed E-state index contributed by atoms with van der Waals surface area (Å²) in [5, 5.41) is 4.97. The highest BCUT2D eigenvalue weighted by atomic mass is 16.2. The van der Waals surface area contributed by atoms with E-state index in [0.29, 0.717) is 6.42 Å². The average molecular weight is 158 g/mol. The lowest BCUT2D eigenvalue weighted by Crippen LogP contribution is -2.43. The van der Waals surface area contributed by atoms with Gasteiger partial charge in [0.25, 0.3) is 0 Å². The third-order valence-corrected chi connectivity index (χ3v) is 1.34. The van der Waals surface area contributed by atoms with Gasteiger partial charge in [-0.15, -0.1) is 0 Å². The summed E-state index contributed by atoms with van der Waals surface area (Å²) in [4.78, 5) is 21.6. The summed E-state index contributed by atoms with van der Waals surface area (Å²) >= 11 is 0. The SMILES string of the molecule is CCC(=O)N[C@H](C)C(=O)NC. The fourth-order valence-electron chi connectivity index (χ4n) is 0.626. The molecule has 0 bridgehead atoms. The van der Waals surface area contributed by atoms with Crippen LogP contribution in [0.15, 0.2) is 0 Å². The Kier molecular flexibility index (Phi) is 4.26. The molecule has 0 fully saturated rings. The molecular formula is C7H14N2O2. The molecule has 4 nitrogen and oxygen atoms in total. The Bertz CT molecular complexity index is 157. The number of amides is 2. The van der Waals surface area contributed by atoms with Crippen LogP contribution in [0.4, 0.5) is 0 Å². The molecule has 0 aromatic rings. The van der Waals surface area contributed by atoms with E-state index in [1.165, 1.54) is 7.05 Å². The van der Waals surface area contributed by atoms with Gasteiger partial charge < -0.3 is 10.6 Å². The minimum absolute atomic E-state index is 0.110. The molecule has 0 saturated heterocycles. The zero-order chi connectivity index (χ0) is 8.85. The van der Waals surface area contributed by atoms with E-state index in [4.69, 9.17) is 0 Å². The van der Waals surface area contributed by atoms with Crippen LogP contribution in [0.5, 0.6) is 0 Å². The predicted octanol–water partition coefficient (Wildman–Crippen LogP) is -0.353. The topological polar surface area (TPSA) is 58.2 Å². The molecular weight excluding hydrogens is 144 g/mol. The van der Waals surface area contributed by atoms with Gasteiger partial charge in [-0.25, -0.2) is 0 Å². The molecule has 64 valence electrons. The van der Waals surface area contributed by atoms with Crippen LogP contribution in [0, 0.1) is 0 Å². The van der Waals surface area contributed by atoms with Crippen molar-refractivity contribution in [2.24, 2.45) is 0 Å². The van der Waals surface area contributed by atoms with Gasteiger partial charge in [0.05, 0.1) is 0 Å². The van der Waals surface area contributed by atoms with Gasteiger partial charge >= 0.3 is 0 Å². The van der Waals surface area contributed by atoms with Crippen molar-refractivity contribution in [2.45, 2.75) is 26.3 Å². The number of nitrogens with one attached hydrogen (secondary N) is 2. The molecule has 0 spiro atoms. The van der Waals surface area contributed by atoms with Crippen molar-refractivity contribution >= 4 is 11.8 Å². The molecule has 0 aliphatic carbocycles. The Morgan fingerprint density at radius 3 is 2.36 bits per heavy atom. The third-order valence-electron chi connectivity index (χ3n) is 1.34. The van der Waals surface area contributed by atoms with Gasteiger partial charge in [0.15, 0.2) is 0 Å². The van der Waals surface area contributed by atoms with Crippen LogP contribution in [0.2, 0.25) is 0 Å². The maximum atomic E-state index is 10.8. The van der Waals surface area contributed by atoms with Gasteiger partial charge in [-0.05, 0) is 6.92 Å². The second kappa shape index (κ2) is 4.71. The van der Waals surface area contributed by atoms with Crippen molar-refractivity contribution in [2.75, 3.05) is 7.05 Å². The number of likely N-dealkylation sites (N-methyl/N-ethyl adjacent to an activating group) is 1. The monoisotopic (exact) mass is 158 g/mol. The maximum absolute atomic E-state index is 10.8. The fraction of sp³-hybridized carbons (Fsp3) is 0.714. The van der Waals surface area contributed by atoms with Crippen molar-refractivity contribution in [1.29, 1.82) is 0 Å². The molecule has 4 heteroatoms. The molecule has 0 aromatic heterocycles. The molecule has 1 atom stereocenters. The zero-order valence-corrected chi connectivity index (χ0v) is 7.10. The Labute approximate surface area is 66.4 Å². The highest BCUT2D eigenvalue weighted by Gasteiger charge is 2.11. The summed E-state index contributed by atoms with van der Waals surface area (Å²) in [7, 11) is 1.54. The number of hydrogen-bond donors (Lipinski definition) is 2. The van der Waals surface area contributed by atoms with Crippen LogP contribution >= 0.6 is 0 Å². The quantitative estimate of drug-likeness (QED) is 0.589. The summed E-state index contributed by atoms with van der Waals surface area (Å²) < 4.78 is 0. The van der Waals surface area contributed by atoms with Crippen LogP contribution < -0.4 is 10.6 Å². The van der Waals surface area contributed by atoms with Crippen LogP contribution in [0.3, 0.4) is 0 Å². The molecule has 11 heavy (non-hydrogen) atoms. The van der Waals surface area contributed by atoms with Crippen LogP contribution in [0.1, 0.15) is 20.3 Å². The van der Waals surface area contributed by atoms with Crippen molar-refractivity contribution in [3.8, 4) is 0 Å². The van der Waals surface area contributed by atoms with E-state index in [0.717, 1.165) is 0 Å². The molecule has 0 saturated carbocycles. The normalized spacial score (nSPS) is 11.9. The Balaban J connectivity index is 3.77. The number of carbonyl (C=O) groups is 2. The molecule has 2 N–H and O–H groups in total. The summed E-state index contributed by atoms with van der Waals surface area (Å²) in [6.45, 7) is 3.39. The average Bonchev–Trinajstić information content (AvgIpc) is 2.02. The maximum Gasteiger partial charge on any atom is 0.242 e. The van der Waals surface area contributed by atoms with Gasteiger partial charge in [0.1, 0.15) is 6.04 Å². The lowest BCUT2D eigenvalue weighted by atomic mass is 10.3. The minimum Gasteiger partial charge on any atom is -0.357 e. The van der Waals surface area contributed by atoms with E-state index in [9.17, 15) is 9.59 Å². The van der Waals surface area contributed by atoms with Crippen molar-refractivity contribution in [3.63, 3.8) is 0 Å². The number of carbonyl (C=O) groups excluding carboxylic acids is 2. The van der Waals surface area contributed by atoms with Crippen molar-refractivity contribution in [3.05, 3.63) is 0 Å². The van der Waals surface area contributed by atoms with Crippen LogP contribution in [-0.4, -0.2) is 24.9 Å². The first kappa shape index (κ1) is 9.94. The molecule has 0 aliphatic heterocycles. The van der Waals surface area contributed by atoms with Crippen LogP contribution in [0.25, 0.3) is 0 Å². The molecule has 0 aliphatic rings. The van der Waals surface area contributed by atoms with E-state index < -0.39 is 6.04 Å². The summed E-state index contributed by atoms with van der Waals surface area (Å²) in [6, 6.07) is -0.438. The summed E-state index contributed by atoms with van der Waals surface area (Å²) in [5.74, 6) is -0.284. The first-order valence-corrected chi connectivity index (χ1v) is 3.62. The second-order valence-corrected chi connectivity index (χ2v) is 2.26. The highest BCUT2D eigenvalue weighted by molar-refractivity contribution is 5.86. The standard InChI is InChI=1S/C7H14N2O2/c1-4-6(10)9-5(2)7(11)8-3/h5H,4H2,1-3H3,(H,8,11)(H,9,10)/t5-/m1/s1. The zero-order valence-electron chi connectivity index (χ0n) is 7.10. The van der Waals surface area contributed by atoms with Gasteiger partial charge in [-0.2, -0.15) is 0 Å². The Morgan fingerprint density at radius 1 is 1.45 bits per heavy atom. The lowest BCUT2D eigenvalue weighted by Gasteiger charge is -2.10. The minimum atomic E-state index is -0.438. The van der Waals surface area contributed by atoms with Crippen LogP contribution in [-0.2, 0) is 9.59 Å². The molecule has 2 amide bonds. The summed E-state index contributed by atoms with van der Waals surface area (Å²) in [5.41, 5.74) is 0. The smallest absolute Gasteiger partial charge is 0.242 e. The van der Waals surface area contributed by atoms with Gasteiger partial charge in [0.2, 0.25) is 11.8 Å². The van der Waals surface area contributed by atoms with E-state index >= 15 is 0 Å². The molecule has 0 rings (SSSR count). The number of rotatable bonds is 3. The first-order chi connectivity index (χ1) is 5.11.